The Kier molecular flexibility index (Phi) is 3.85. The predicted octanol–water partition coefficient (Wildman–Crippen LogP) is 5.05. The number of hydrogen-bond donors (Lipinski definition) is 1. The zero-order valence-corrected chi connectivity index (χ0v) is 13.3. The maximum atomic E-state index is 4.20. The van der Waals surface area contributed by atoms with Gasteiger partial charge in [-0.15, -0.1) is 0 Å². The van der Waals surface area contributed by atoms with Crippen LogP contribution in [0.3, 0.4) is 0 Å². The van der Waals surface area contributed by atoms with Gasteiger partial charge in [0.1, 0.15) is 0 Å². The van der Waals surface area contributed by atoms with E-state index in [9.17, 15) is 0 Å². The molecule has 2 heteroatoms. The molecule has 0 aliphatic carbocycles. The quantitative estimate of drug-likeness (QED) is 0.824. The molecular formula is C18H24N2. The molecule has 2 nitrogen and oxygen atoms in total. The number of rotatable bonds is 2. The third kappa shape index (κ3) is 3.01. The van der Waals surface area contributed by atoms with E-state index >= 15 is 0 Å². The molecule has 0 radical (unpaired) electrons. The van der Waals surface area contributed by atoms with Crippen molar-refractivity contribution in [3.63, 3.8) is 0 Å². The summed E-state index contributed by atoms with van der Waals surface area (Å²) in [6.45, 7) is 13.2. The van der Waals surface area contributed by atoms with E-state index in [4.69, 9.17) is 0 Å². The van der Waals surface area contributed by atoms with Crippen molar-refractivity contribution in [1.82, 2.24) is 4.98 Å². The molecule has 0 fully saturated rings. The zero-order valence-electron chi connectivity index (χ0n) is 13.3. The molecule has 2 rings (SSSR count). The van der Waals surface area contributed by atoms with Crippen LogP contribution in [0.25, 0.3) is 0 Å². The normalized spacial score (nSPS) is 11.5. The number of aromatic nitrogens is 1. The van der Waals surface area contributed by atoms with Crippen LogP contribution < -0.4 is 5.32 Å². The lowest BCUT2D eigenvalue weighted by Crippen LogP contribution is -2.12. The average Bonchev–Trinajstić information content (AvgIpc) is 2.34. The Labute approximate surface area is 122 Å². The molecule has 106 valence electrons. The third-order valence-corrected chi connectivity index (χ3v) is 3.70. The Bertz CT molecular complexity index is 599. The SMILES string of the molecule is Cc1ccncc1Nc1c(C)cc(C(C)(C)C)cc1C. The van der Waals surface area contributed by atoms with Crippen molar-refractivity contribution < 1.29 is 0 Å². The van der Waals surface area contributed by atoms with E-state index in [1.165, 1.54) is 27.9 Å². The highest BCUT2D eigenvalue weighted by atomic mass is 14.9. The summed E-state index contributed by atoms with van der Waals surface area (Å²) < 4.78 is 0. The van der Waals surface area contributed by atoms with Crippen molar-refractivity contribution in [2.75, 3.05) is 5.32 Å². The first-order valence-corrected chi connectivity index (χ1v) is 7.08. The van der Waals surface area contributed by atoms with Gasteiger partial charge in [0.2, 0.25) is 0 Å². The van der Waals surface area contributed by atoms with Gasteiger partial charge in [-0.05, 0) is 54.5 Å². The predicted molar refractivity (Wildman–Crippen MR) is 86.9 cm³/mol. The lowest BCUT2D eigenvalue weighted by atomic mass is 9.84. The first-order valence-electron chi connectivity index (χ1n) is 7.08. The van der Waals surface area contributed by atoms with Crippen LogP contribution in [0.1, 0.15) is 43.0 Å². The van der Waals surface area contributed by atoms with E-state index in [0.29, 0.717) is 0 Å². The van der Waals surface area contributed by atoms with Gasteiger partial charge in [-0.2, -0.15) is 0 Å². The molecule has 2 aromatic rings. The molecule has 0 bridgehead atoms. The van der Waals surface area contributed by atoms with Gasteiger partial charge < -0.3 is 5.32 Å². The fourth-order valence-electron chi connectivity index (χ4n) is 2.32. The number of pyridine rings is 1. The van der Waals surface area contributed by atoms with Crippen LogP contribution in [0, 0.1) is 20.8 Å². The summed E-state index contributed by atoms with van der Waals surface area (Å²) in [6.07, 6.45) is 3.70. The van der Waals surface area contributed by atoms with E-state index < -0.39 is 0 Å². The third-order valence-electron chi connectivity index (χ3n) is 3.70. The molecule has 20 heavy (non-hydrogen) atoms. The number of nitrogens with zero attached hydrogens (tertiary/aromatic N) is 1. The summed E-state index contributed by atoms with van der Waals surface area (Å²) in [4.78, 5) is 4.20. The van der Waals surface area contributed by atoms with E-state index in [2.05, 4.69) is 64.0 Å². The lowest BCUT2D eigenvalue weighted by molar-refractivity contribution is 0.589. The summed E-state index contributed by atoms with van der Waals surface area (Å²) in [5.41, 5.74) is 7.57. The van der Waals surface area contributed by atoms with Gasteiger partial charge in [0.15, 0.2) is 0 Å². The topological polar surface area (TPSA) is 24.9 Å². The number of nitrogens with one attached hydrogen (secondary N) is 1. The second kappa shape index (κ2) is 5.28. The Morgan fingerprint density at radius 1 is 0.950 bits per heavy atom. The Morgan fingerprint density at radius 3 is 2.05 bits per heavy atom. The summed E-state index contributed by atoms with van der Waals surface area (Å²) in [7, 11) is 0. The molecule has 0 aliphatic heterocycles. The van der Waals surface area contributed by atoms with Crippen molar-refractivity contribution >= 4 is 11.4 Å². The van der Waals surface area contributed by atoms with Gasteiger partial charge in [-0.3, -0.25) is 4.98 Å². The highest BCUT2D eigenvalue weighted by Crippen LogP contribution is 2.31. The van der Waals surface area contributed by atoms with Crippen molar-refractivity contribution in [1.29, 1.82) is 0 Å². The fraction of sp³-hybridized carbons (Fsp3) is 0.389. The highest BCUT2D eigenvalue weighted by Gasteiger charge is 2.16. The molecule has 1 N–H and O–H groups in total. The van der Waals surface area contributed by atoms with Crippen LogP contribution >= 0.6 is 0 Å². The van der Waals surface area contributed by atoms with Crippen LogP contribution in [0.15, 0.2) is 30.6 Å². The Morgan fingerprint density at radius 2 is 1.55 bits per heavy atom. The monoisotopic (exact) mass is 268 g/mol. The molecular weight excluding hydrogens is 244 g/mol. The Balaban J connectivity index is 2.42. The van der Waals surface area contributed by atoms with Crippen molar-refractivity contribution in [2.24, 2.45) is 0 Å². The summed E-state index contributed by atoms with van der Waals surface area (Å²) in [5.74, 6) is 0. The Hall–Kier alpha value is -1.83. The van der Waals surface area contributed by atoms with Crippen LogP contribution in [0.2, 0.25) is 0 Å². The van der Waals surface area contributed by atoms with Crippen molar-refractivity contribution in [2.45, 2.75) is 47.0 Å². The molecule has 0 amide bonds. The number of anilines is 2. The van der Waals surface area contributed by atoms with Crippen LogP contribution in [-0.4, -0.2) is 4.98 Å². The largest absolute Gasteiger partial charge is 0.354 e. The molecule has 0 unspecified atom stereocenters. The summed E-state index contributed by atoms with van der Waals surface area (Å²) >= 11 is 0. The minimum absolute atomic E-state index is 0.179. The minimum Gasteiger partial charge on any atom is -0.354 e. The second-order valence-corrected chi connectivity index (χ2v) is 6.55. The molecule has 0 saturated heterocycles. The summed E-state index contributed by atoms with van der Waals surface area (Å²) in [5, 5.41) is 3.52. The van der Waals surface area contributed by atoms with Gasteiger partial charge >= 0.3 is 0 Å². The fourth-order valence-corrected chi connectivity index (χ4v) is 2.32. The molecule has 0 spiro atoms. The molecule has 0 aliphatic rings. The molecule has 0 saturated carbocycles. The van der Waals surface area contributed by atoms with Gasteiger partial charge in [0, 0.05) is 11.9 Å². The first-order chi connectivity index (χ1) is 9.29. The lowest BCUT2D eigenvalue weighted by Gasteiger charge is -2.23. The first kappa shape index (κ1) is 14.6. The van der Waals surface area contributed by atoms with E-state index in [1.807, 2.05) is 18.5 Å². The van der Waals surface area contributed by atoms with Crippen LogP contribution in [-0.2, 0) is 5.41 Å². The maximum absolute atomic E-state index is 4.20. The second-order valence-electron chi connectivity index (χ2n) is 6.55. The molecule has 1 heterocycles. The van der Waals surface area contributed by atoms with E-state index in [-0.39, 0.29) is 5.41 Å². The zero-order chi connectivity index (χ0) is 14.9. The average molecular weight is 268 g/mol. The highest BCUT2D eigenvalue weighted by molar-refractivity contribution is 5.68. The smallest absolute Gasteiger partial charge is 0.0600 e. The van der Waals surface area contributed by atoms with Crippen molar-refractivity contribution in [3.8, 4) is 0 Å². The standard InChI is InChI=1S/C18H24N2/c1-12-7-8-19-11-16(12)20-17-13(2)9-15(10-14(17)3)18(4,5)6/h7-11,20H,1-6H3. The van der Waals surface area contributed by atoms with Crippen LogP contribution in [0.5, 0.6) is 0 Å². The van der Waals surface area contributed by atoms with Gasteiger partial charge in [-0.25, -0.2) is 0 Å². The van der Waals surface area contributed by atoms with Crippen LogP contribution in [0.4, 0.5) is 11.4 Å². The van der Waals surface area contributed by atoms with Crippen molar-refractivity contribution in [3.05, 3.63) is 52.8 Å². The molecule has 1 aromatic carbocycles. The maximum Gasteiger partial charge on any atom is 0.0600 e. The van der Waals surface area contributed by atoms with E-state index in [0.717, 1.165) is 5.69 Å². The number of benzene rings is 1. The van der Waals surface area contributed by atoms with E-state index in [1.54, 1.807) is 0 Å². The molecule has 1 aromatic heterocycles. The summed E-state index contributed by atoms with van der Waals surface area (Å²) in [6, 6.07) is 6.58. The molecule has 0 atom stereocenters. The van der Waals surface area contributed by atoms with Gasteiger partial charge in [0.05, 0.1) is 11.9 Å². The van der Waals surface area contributed by atoms with Gasteiger partial charge in [-0.1, -0.05) is 32.9 Å². The minimum atomic E-state index is 0.179. The van der Waals surface area contributed by atoms with Gasteiger partial charge in [0.25, 0.3) is 0 Å². The number of hydrogen-bond acceptors (Lipinski definition) is 2. The number of aryl methyl sites for hydroxylation is 3.